The first-order chi connectivity index (χ1) is 15.8. The second kappa shape index (κ2) is 10.7. The van der Waals surface area contributed by atoms with Crippen molar-refractivity contribution in [2.24, 2.45) is 0 Å². The van der Waals surface area contributed by atoms with Crippen LogP contribution in [0.25, 0.3) is 11.5 Å². The Morgan fingerprint density at radius 3 is 2.39 bits per heavy atom. The molecule has 0 aliphatic carbocycles. The van der Waals surface area contributed by atoms with Gasteiger partial charge in [-0.2, -0.15) is 0 Å². The fourth-order valence-electron chi connectivity index (χ4n) is 3.20. The Balaban J connectivity index is 1.89. The molecule has 178 valence electrons. The smallest absolute Gasteiger partial charge is 0.213 e. The number of ether oxygens (including phenoxy) is 3. The Bertz CT molecular complexity index is 1170. The highest BCUT2D eigenvalue weighted by Crippen LogP contribution is 2.26. The normalized spacial score (nSPS) is 13.5. The van der Waals surface area contributed by atoms with E-state index in [0.717, 1.165) is 0 Å². The van der Waals surface area contributed by atoms with Crippen LogP contribution in [0.2, 0.25) is 0 Å². The first-order valence-electron chi connectivity index (χ1n) is 10.3. The van der Waals surface area contributed by atoms with Gasteiger partial charge in [0.05, 0.1) is 38.5 Å². The van der Waals surface area contributed by atoms with Gasteiger partial charge in [0.25, 0.3) is 0 Å². The number of nitrogens with zero attached hydrogens (tertiary/aromatic N) is 6. The van der Waals surface area contributed by atoms with Gasteiger partial charge in [-0.05, 0) is 13.0 Å². The minimum atomic E-state index is -3.63. The van der Waals surface area contributed by atoms with Crippen molar-refractivity contribution in [2.45, 2.75) is 37.3 Å². The quantitative estimate of drug-likeness (QED) is 0.404. The second-order valence-electron chi connectivity index (χ2n) is 7.43. The third-order valence-corrected chi connectivity index (χ3v) is 7.60. The largest absolute Gasteiger partial charge is 0.494 e. The van der Waals surface area contributed by atoms with Gasteiger partial charge < -0.3 is 18.8 Å². The van der Waals surface area contributed by atoms with E-state index in [1.807, 2.05) is 0 Å². The summed E-state index contributed by atoms with van der Waals surface area (Å²) in [5.41, 5.74) is 0.523. The van der Waals surface area contributed by atoms with Crippen LogP contribution in [0, 0.1) is 0 Å². The predicted octanol–water partition coefficient (Wildman–Crippen LogP) is 1.90. The second-order valence-corrected chi connectivity index (χ2v) is 9.79. The number of methoxy groups -OCH3 is 3. The summed E-state index contributed by atoms with van der Waals surface area (Å²) in [6.45, 7) is 4.15. The van der Waals surface area contributed by atoms with Crippen molar-refractivity contribution >= 4 is 9.84 Å². The van der Waals surface area contributed by atoms with Crippen molar-refractivity contribution in [3.8, 4) is 23.1 Å². The topological polar surface area (TPSA) is 131 Å². The van der Waals surface area contributed by atoms with Crippen LogP contribution in [-0.2, 0) is 26.9 Å². The molecule has 3 aromatic rings. The molecular weight excluding hydrogens is 448 g/mol. The molecular formula is C21H28N6O5S. The summed E-state index contributed by atoms with van der Waals surface area (Å²) < 4.78 is 43.7. The van der Waals surface area contributed by atoms with E-state index in [-0.39, 0.29) is 5.75 Å². The Hall–Kier alpha value is -3.12. The van der Waals surface area contributed by atoms with Crippen molar-refractivity contribution in [2.75, 3.05) is 27.9 Å². The maximum absolute atomic E-state index is 13.3. The summed E-state index contributed by atoms with van der Waals surface area (Å²) in [4.78, 5) is 12.9. The summed E-state index contributed by atoms with van der Waals surface area (Å²) in [7, 11) is 0.987. The summed E-state index contributed by atoms with van der Waals surface area (Å²) in [6.07, 6.45) is 3.04. The summed E-state index contributed by atoms with van der Waals surface area (Å²) in [5, 5.41) is 7.64. The maximum atomic E-state index is 13.3. The summed E-state index contributed by atoms with van der Waals surface area (Å²) in [6, 6.07) is 5.26. The van der Waals surface area contributed by atoms with Gasteiger partial charge in [0, 0.05) is 25.6 Å². The van der Waals surface area contributed by atoms with Crippen molar-refractivity contribution in [3.05, 3.63) is 42.2 Å². The molecule has 0 bridgehead atoms. The minimum Gasteiger partial charge on any atom is -0.494 e. The van der Waals surface area contributed by atoms with Crippen LogP contribution in [0.3, 0.4) is 0 Å². The molecule has 0 fully saturated rings. The third-order valence-electron chi connectivity index (χ3n) is 5.40. The summed E-state index contributed by atoms with van der Waals surface area (Å²) in [5.74, 6) is 1.37. The third kappa shape index (κ3) is 5.63. The van der Waals surface area contributed by atoms with Gasteiger partial charge in [-0.3, -0.25) is 0 Å². The van der Waals surface area contributed by atoms with Gasteiger partial charge in [-0.25, -0.2) is 23.4 Å². The van der Waals surface area contributed by atoms with E-state index < -0.39 is 21.0 Å². The van der Waals surface area contributed by atoms with Gasteiger partial charge >= 0.3 is 0 Å². The Kier molecular flexibility index (Phi) is 7.92. The Morgan fingerprint density at radius 2 is 1.76 bits per heavy atom. The molecule has 2 atom stereocenters. The molecule has 0 amide bonds. The summed E-state index contributed by atoms with van der Waals surface area (Å²) >= 11 is 0. The van der Waals surface area contributed by atoms with Gasteiger partial charge in [0.15, 0.2) is 21.4 Å². The molecule has 0 spiro atoms. The lowest BCUT2D eigenvalue weighted by Gasteiger charge is -2.19. The first kappa shape index (κ1) is 24.5. The van der Waals surface area contributed by atoms with E-state index >= 15 is 0 Å². The average Bonchev–Trinajstić information content (AvgIpc) is 3.23. The lowest BCUT2D eigenvalue weighted by atomic mass is 10.1. The standard InChI is InChI=1S/C21H28N6O5S/c1-14(20-22-11-16(31-4)12-23-20)15(2)33(28,29)13-18-25-26-21(27(18)9-10-30-3)17-7-6-8-19(24-17)32-5/h6-8,11-12,14-15H,9-10,13H2,1-5H3/t14-,15-/m0/s1. The fourth-order valence-corrected chi connectivity index (χ4v) is 4.78. The number of rotatable bonds is 11. The molecule has 11 nitrogen and oxygen atoms in total. The minimum absolute atomic E-state index is 0.296. The van der Waals surface area contributed by atoms with Crippen LogP contribution >= 0.6 is 0 Å². The average molecular weight is 477 g/mol. The lowest BCUT2D eigenvalue weighted by Crippen LogP contribution is -2.27. The van der Waals surface area contributed by atoms with Crippen LogP contribution in [0.1, 0.15) is 31.4 Å². The monoisotopic (exact) mass is 476 g/mol. The zero-order valence-corrected chi connectivity index (χ0v) is 20.1. The molecule has 0 N–H and O–H groups in total. The zero-order chi connectivity index (χ0) is 24.0. The van der Waals surface area contributed by atoms with E-state index in [4.69, 9.17) is 14.2 Å². The van der Waals surface area contributed by atoms with Crippen LogP contribution in [0.15, 0.2) is 30.6 Å². The van der Waals surface area contributed by atoms with E-state index in [0.29, 0.717) is 47.9 Å². The molecule has 0 saturated heterocycles. The molecule has 3 heterocycles. The number of sulfone groups is 1. The van der Waals surface area contributed by atoms with Crippen molar-refractivity contribution < 1.29 is 22.6 Å². The molecule has 3 rings (SSSR count). The number of pyridine rings is 1. The lowest BCUT2D eigenvalue weighted by molar-refractivity contribution is 0.187. The molecule has 0 unspecified atom stereocenters. The zero-order valence-electron chi connectivity index (χ0n) is 19.3. The Morgan fingerprint density at radius 1 is 1.03 bits per heavy atom. The van der Waals surface area contributed by atoms with Crippen molar-refractivity contribution in [1.29, 1.82) is 0 Å². The number of aromatic nitrogens is 6. The number of hydrogen-bond acceptors (Lipinski definition) is 10. The SMILES string of the molecule is COCCn1c(CS(=O)(=O)[C@@H](C)[C@H](C)c2ncc(OC)cn2)nnc1-c1cccc(OC)n1. The van der Waals surface area contributed by atoms with Gasteiger partial charge in [0.1, 0.15) is 23.1 Å². The Labute approximate surface area is 193 Å². The molecule has 33 heavy (non-hydrogen) atoms. The highest BCUT2D eigenvalue weighted by atomic mass is 32.2. The van der Waals surface area contributed by atoms with Crippen LogP contribution in [-0.4, -0.2) is 71.3 Å². The molecule has 0 aliphatic rings. The molecule has 0 radical (unpaired) electrons. The molecule has 0 aliphatic heterocycles. The first-order valence-corrected chi connectivity index (χ1v) is 12.0. The van der Waals surface area contributed by atoms with Crippen LogP contribution in [0.5, 0.6) is 11.6 Å². The van der Waals surface area contributed by atoms with Crippen LogP contribution < -0.4 is 9.47 Å². The van der Waals surface area contributed by atoms with Gasteiger partial charge in [-0.15, -0.1) is 10.2 Å². The molecule has 12 heteroatoms. The van der Waals surface area contributed by atoms with Gasteiger partial charge in [-0.1, -0.05) is 13.0 Å². The van der Waals surface area contributed by atoms with Crippen molar-refractivity contribution in [1.82, 2.24) is 29.7 Å². The van der Waals surface area contributed by atoms with Crippen molar-refractivity contribution in [3.63, 3.8) is 0 Å². The molecule has 0 saturated carbocycles. The highest BCUT2D eigenvalue weighted by Gasteiger charge is 2.31. The van der Waals surface area contributed by atoms with E-state index in [1.54, 1.807) is 43.7 Å². The maximum Gasteiger partial charge on any atom is 0.213 e. The molecule has 0 aromatic carbocycles. The molecule has 3 aromatic heterocycles. The predicted molar refractivity (Wildman–Crippen MR) is 121 cm³/mol. The fraction of sp³-hybridized carbons (Fsp3) is 0.476. The van der Waals surface area contributed by atoms with E-state index in [2.05, 4.69) is 25.1 Å². The van der Waals surface area contributed by atoms with Crippen LogP contribution in [0.4, 0.5) is 0 Å². The van der Waals surface area contributed by atoms with Gasteiger partial charge in [0.2, 0.25) is 5.88 Å². The van der Waals surface area contributed by atoms with E-state index in [1.165, 1.54) is 26.6 Å². The number of hydrogen-bond donors (Lipinski definition) is 0. The highest BCUT2D eigenvalue weighted by molar-refractivity contribution is 7.91. The van der Waals surface area contributed by atoms with E-state index in [9.17, 15) is 8.42 Å².